The Morgan fingerprint density at radius 1 is 1.29 bits per heavy atom. The molecule has 0 aliphatic rings. The van der Waals surface area contributed by atoms with E-state index in [9.17, 15) is 5.11 Å². The van der Waals surface area contributed by atoms with Crippen LogP contribution in [0.1, 0.15) is 5.56 Å². The number of methoxy groups -OCH3 is 2. The first-order chi connectivity index (χ1) is 6.72. The van der Waals surface area contributed by atoms with Crippen molar-refractivity contribution in [1.82, 2.24) is 0 Å². The summed E-state index contributed by atoms with van der Waals surface area (Å²) in [7, 11) is 3.11. The van der Waals surface area contributed by atoms with E-state index in [0.29, 0.717) is 17.9 Å². The molecule has 1 aromatic rings. The first-order valence-corrected chi connectivity index (χ1v) is 4.27. The van der Waals surface area contributed by atoms with E-state index < -0.39 is 0 Å². The van der Waals surface area contributed by atoms with Gasteiger partial charge in [-0.15, -0.1) is 6.58 Å². The molecule has 3 heteroatoms. The Balaban J connectivity index is 3.24. The maximum absolute atomic E-state index is 9.36. The van der Waals surface area contributed by atoms with Crippen LogP contribution >= 0.6 is 0 Å². The standard InChI is InChI=1S/C11H14O3/c1-4-5-9-10(13-2)6-8(12)7-11(9)14-3/h4,6-7,12H,1,5H2,2-3H3. The van der Waals surface area contributed by atoms with Gasteiger partial charge in [-0.1, -0.05) is 6.08 Å². The molecule has 0 saturated carbocycles. The number of hydrogen-bond acceptors (Lipinski definition) is 3. The molecule has 0 amide bonds. The summed E-state index contributed by atoms with van der Waals surface area (Å²) in [6.07, 6.45) is 2.41. The van der Waals surface area contributed by atoms with Gasteiger partial charge < -0.3 is 14.6 Å². The second-order valence-electron chi connectivity index (χ2n) is 2.82. The van der Waals surface area contributed by atoms with E-state index in [1.165, 1.54) is 0 Å². The summed E-state index contributed by atoms with van der Waals surface area (Å²) in [6, 6.07) is 3.11. The van der Waals surface area contributed by atoms with E-state index in [4.69, 9.17) is 9.47 Å². The van der Waals surface area contributed by atoms with Crippen LogP contribution in [-0.4, -0.2) is 19.3 Å². The van der Waals surface area contributed by atoms with Crippen molar-refractivity contribution in [2.45, 2.75) is 6.42 Å². The smallest absolute Gasteiger partial charge is 0.129 e. The summed E-state index contributed by atoms with van der Waals surface area (Å²) < 4.78 is 10.3. The lowest BCUT2D eigenvalue weighted by Crippen LogP contribution is -1.95. The van der Waals surface area contributed by atoms with Gasteiger partial charge in [0.05, 0.1) is 14.2 Å². The number of rotatable bonds is 4. The quantitative estimate of drug-likeness (QED) is 0.746. The molecule has 0 bridgehead atoms. The largest absolute Gasteiger partial charge is 0.508 e. The molecule has 0 heterocycles. The Bertz CT molecular complexity index is 306. The van der Waals surface area contributed by atoms with Crippen molar-refractivity contribution in [1.29, 1.82) is 0 Å². The number of phenols is 1. The van der Waals surface area contributed by atoms with E-state index in [2.05, 4.69) is 6.58 Å². The van der Waals surface area contributed by atoms with Crippen molar-refractivity contribution < 1.29 is 14.6 Å². The van der Waals surface area contributed by atoms with E-state index in [1.54, 1.807) is 32.4 Å². The van der Waals surface area contributed by atoms with Gasteiger partial charge in [-0.05, 0) is 6.42 Å². The molecule has 0 aliphatic carbocycles. The van der Waals surface area contributed by atoms with Crippen molar-refractivity contribution in [3.05, 3.63) is 30.4 Å². The third-order valence-electron chi connectivity index (χ3n) is 1.94. The molecule has 0 radical (unpaired) electrons. The van der Waals surface area contributed by atoms with Crippen LogP contribution in [0.2, 0.25) is 0 Å². The first kappa shape index (κ1) is 10.4. The normalized spacial score (nSPS) is 9.57. The molecule has 0 aliphatic heterocycles. The Morgan fingerprint density at radius 2 is 1.79 bits per heavy atom. The van der Waals surface area contributed by atoms with Crippen LogP contribution in [0.5, 0.6) is 17.2 Å². The summed E-state index contributed by atoms with van der Waals surface area (Å²) in [5, 5.41) is 9.36. The van der Waals surface area contributed by atoms with Gasteiger partial charge in [0, 0.05) is 17.7 Å². The molecular weight excluding hydrogens is 180 g/mol. The molecule has 14 heavy (non-hydrogen) atoms. The molecule has 0 aromatic heterocycles. The summed E-state index contributed by atoms with van der Waals surface area (Å²) in [4.78, 5) is 0. The third-order valence-corrected chi connectivity index (χ3v) is 1.94. The zero-order valence-electron chi connectivity index (χ0n) is 8.41. The molecule has 3 nitrogen and oxygen atoms in total. The SMILES string of the molecule is C=CCc1c(OC)cc(O)cc1OC. The van der Waals surface area contributed by atoms with Gasteiger partial charge in [-0.3, -0.25) is 0 Å². The van der Waals surface area contributed by atoms with Gasteiger partial charge in [0.25, 0.3) is 0 Å². The molecule has 0 atom stereocenters. The number of ether oxygens (including phenoxy) is 2. The number of allylic oxidation sites excluding steroid dienone is 1. The molecule has 0 unspecified atom stereocenters. The molecule has 1 rings (SSSR count). The van der Waals surface area contributed by atoms with Gasteiger partial charge >= 0.3 is 0 Å². The van der Waals surface area contributed by atoms with E-state index in [1.807, 2.05) is 0 Å². The summed E-state index contributed by atoms with van der Waals surface area (Å²) >= 11 is 0. The van der Waals surface area contributed by atoms with Crippen LogP contribution in [0.3, 0.4) is 0 Å². The van der Waals surface area contributed by atoms with E-state index in [0.717, 1.165) is 5.56 Å². The van der Waals surface area contributed by atoms with Crippen LogP contribution < -0.4 is 9.47 Å². The maximum Gasteiger partial charge on any atom is 0.129 e. The van der Waals surface area contributed by atoms with Crippen LogP contribution in [-0.2, 0) is 6.42 Å². The molecule has 0 spiro atoms. The minimum atomic E-state index is 0.131. The monoisotopic (exact) mass is 194 g/mol. The predicted molar refractivity (Wildman–Crippen MR) is 55.1 cm³/mol. The molecule has 0 saturated heterocycles. The van der Waals surface area contributed by atoms with Gasteiger partial charge in [0.15, 0.2) is 0 Å². The van der Waals surface area contributed by atoms with Crippen molar-refractivity contribution in [2.24, 2.45) is 0 Å². The fourth-order valence-corrected chi connectivity index (χ4v) is 1.32. The van der Waals surface area contributed by atoms with Crippen LogP contribution in [0.15, 0.2) is 24.8 Å². The Hall–Kier alpha value is -1.64. The molecule has 1 aromatic carbocycles. The topological polar surface area (TPSA) is 38.7 Å². The fraction of sp³-hybridized carbons (Fsp3) is 0.273. The van der Waals surface area contributed by atoms with Crippen molar-refractivity contribution in [2.75, 3.05) is 14.2 Å². The number of aromatic hydroxyl groups is 1. The highest BCUT2D eigenvalue weighted by atomic mass is 16.5. The molecule has 0 fully saturated rings. The average molecular weight is 194 g/mol. The Labute approximate surface area is 83.6 Å². The van der Waals surface area contributed by atoms with Crippen LogP contribution in [0.4, 0.5) is 0 Å². The number of benzene rings is 1. The van der Waals surface area contributed by atoms with Crippen LogP contribution in [0, 0.1) is 0 Å². The highest BCUT2D eigenvalue weighted by Crippen LogP contribution is 2.33. The number of phenolic OH excluding ortho intramolecular Hbond substituents is 1. The van der Waals surface area contributed by atoms with E-state index in [-0.39, 0.29) is 5.75 Å². The lowest BCUT2D eigenvalue weighted by atomic mass is 10.1. The minimum absolute atomic E-state index is 0.131. The molecule has 1 N–H and O–H groups in total. The minimum Gasteiger partial charge on any atom is -0.508 e. The average Bonchev–Trinajstić information content (AvgIpc) is 2.20. The lowest BCUT2D eigenvalue weighted by Gasteiger charge is -2.12. The third kappa shape index (κ3) is 1.99. The maximum atomic E-state index is 9.36. The molecular formula is C11H14O3. The van der Waals surface area contributed by atoms with Gasteiger partial charge in [0.1, 0.15) is 17.2 Å². The van der Waals surface area contributed by atoms with Crippen molar-refractivity contribution >= 4 is 0 Å². The molecule has 76 valence electrons. The zero-order chi connectivity index (χ0) is 10.6. The zero-order valence-corrected chi connectivity index (χ0v) is 8.41. The lowest BCUT2D eigenvalue weighted by molar-refractivity contribution is 0.378. The fourth-order valence-electron chi connectivity index (χ4n) is 1.32. The van der Waals surface area contributed by atoms with Crippen LogP contribution in [0.25, 0.3) is 0 Å². The summed E-state index contributed by atoms with van der Waals surface area (Å²) in [6.45, 7) is 3.66. The number of hydrogen-bond donors (Lipinski definition) is 1. The summed E-state index contributed by atoms with van der Waals surface area (Å²) in [5.41, 5.74) is 0.891. The first-order valence-electron chi connectivity index (χ1n) is 4.27. The second kappa shape index (κ2) is 4.56. The predicted octanol–water partition coefficient (Wildman–Crippen LogP) is 2.14. The Morgan fingerprint density at radius 3 is 2.14 bits per heavy atom. The summed E-state index contributed by atoms with van der Waals surface area (Å²) in [5.74, 6) is 1.36. The van der Waals surface area contributed by atoms with E-state index >= 15 is 0 Å². The second-order valence-corrected chi connectivity index (χ2v) is 2.82. The Kier molecular flexibility index (Phi) is 3.40. The van der Waals surface area contributed by atoms with Crippen molar-refractivity contribution in [3.63, 3.8) is 0 Å². The van der Waals surface area contributed by atoms with Crippen molar-refractivity contribution in [3.8, 4) is 17.2 Å². The van der Waals surface area contributed by atoms with Gasteiger partial charge in [-0.25, -0.2) is 0 Å². The highest BCUT2D eigenvalue weighted by Gasteiger charge is 2.10. The highest BCUT2D eigenvalue weighted by molar-refractivity contribution is 5.50. The van der Waals surface area contributed by atoms with Gasteiger partial charge in [-0.2, -0.15) is 0 Å². The van der Waals surface area contributed by atoms with Gasteiger partial charge in [0.2, 0.25) is 0 Å².